The van der Waals surface area contributed by atoms with Crippen molar-refractivity contribution in [3.63, 3.8) is 0 Å². The number of likely N-dealkylation sites (tertiary alicyclic amines) is 1. The molecule has 4 heterocycles. The fraction of sp³-hybridized carbons (Fsp3) is 0.417. The number of amides is 1. The zero-order valence-corrected chi connectivity index (χ0v) is 20.1. The van der Waals surface area contributed by atoms with Crippen LogP contribution in [0.1, 0.15) is 26.1 Å². The van der Waals surface area contributed by atoms with Gasteiger partial charge < -0.3 is 14.8 Å². The fourth-order valence-corrected chi connectivity index (χ4v) is 4.99. The van der Waals surface area contributed by atoms with Gasteiger partial charge in [0, 0.05) is 26.1 Å². The highest BCUT2D eigenvalue weighted by atomic mass is 19.3. The van der Waals surface area contributed by atoms with E-state index in [1.807, 2.05) is 6.92 Å². The molecule has 0 bridgehead atoms. The molecule has 1 amide bonds. The van der Waals surface area contributed by atoms with Gasteiger partial charge in [0.15, 0.2) is 5.82 Å². The van der Waals surface area contributed by atoms with Crippen molar-refractivity contribution in [3.8, 4) is 11.1 Å². The first-order chi connectivity index (χ1) is 17.1. The van der Waals surface area contributed by atoms with Crippen molar-refractivity contribution in [2.75, 3.05) is 18.4 Å². The van der Waals surface area contributed by atoms with Crippen LogP contribution < -0.4 is 10.9 Å². The predicted molar refractivity (Wildman–Crippen MR) is 129 cm³/mol. The molecule has 0 unspecified atom stereocenters. The fourth-order valence-electron chi connectivity index (χ4n) is 4.99. The average molecular weight is 502 g/mol. The Labute approximate surface area is 203 Å². The molecule has 12 heteroatoms. The van der Waals surface area contributed by atoms with Gasteiger partial charge in [0.1, 0.15) is 11.3 Å². The summed E-state index contributed by atoms with van der Waals surface area (Å²) in [4.78, 5) is 33.5. The summed E-state index contributed by atoms with van der Waals surface area (Å²) in [5.41, 5.74) is 0.784. The smallest absolute Gasteiger partial charge is 0.277 e. The normalized spacial score (nSPS) is 18.5. The number of carbonyl (C=O) groups excluding carboxylic acids is 1. The molecule has 1 aliphatic heterocycles. The van der Waals surface area contributed by atoms with Gasteiger partial charge in [-0.25, -0.2) is 22.7 Å². The number of nitrogens with zero attached hydrogens (tertiary/aromatic N) is 5. The lowest BCUT2D eigenvalue weighted by Crippen LogP contribution is -2.47. The topological polar surface area (TPSA) is 100 Å². The highest BCUT2D eigenvalue weighted by molar-refractivity contribution is 5.88. The molecule has 4 aromatic rings. The molecule has 1 fully saturated rings. The van der Waals surface area contributed by atoms with Crippen molar-refractivity contribution in [2.45, 2.75) is 46.2 Å². The van der Waals surface area contributed by atoms with Gasteiger partial charge in [-0.15, -0.1) is 5.10 Å². The molecule has 1 aromatic carbocycles. The van der Waals surface area contributed by atoms with Crippen molar-refractivity contribution in [1.82, 2.24) is 29.0 Å². The summed E-state index contributed by atoms with van der Waals surface area (Å²) in [5, 5.41) is 7.58. The lowest BCUT2D eigenvalue weighted by atomic mass is 9.94. The molecule has 9 nitrogen and oxygen atoms in total. The predicted octanol–water partition coefficient (Wildman–Crippen LogP) is 3.42. The Kier molecular flexibility index (Phi) is 5.97. The summed E-state index contributed by atoms with van der Waals surface area (Å²) in [6.45, 7) is 5.82. The number of halogens is 3. The van der Waals surface area contributed by atoms with Gasteiger partial charge in [0.05, 0.1) is 29.3 Å². The van der Waals surface area contributed by atoms with E-state index < -0.39 is 24.3 Å². The number of rotatable bonds is 5. The first kappa shape index (κ1) is 23.9. The van der Waals surface area contributed by atoms with E-state index in [9.17, 15) is 18.4 Å². The molecule has 2 atom stereocenters. The second-order valence-corrected chi connectivity index (χ2v) is 9.29. The standard InChI is InChI=1S/C24H26F3N7O2/c1-12-9-32(14(3)35)7-6-17(12)29-24-30-23(36)22-21(16(25)10-34(22)31-24)15-4-5-18-19(8-15)33(11-20(26)27)13(2)28-18/h4-5,8,10,12,17,20H,6-7,9,11H2,1-3H3,(H2,29,30,31,36)/t12-,17+/m1/s1. The number of nitrogens with one attached hydrogen (secondary N) is 2. The first-order valence-electron chi connectivity index (χ1n) is 11.7. The second-order valence-electron chi connectivity index (χ2n) is 9.29. The van der Waals surface area contributed by atoms with Crippen LogP contribution in [0.25, 0.3) is 27.7 Å². The molecule has 3 aromatic heterocycles. The van der Waals surface area contributed by atoms with Crippen molar-refractivity contribution in [2.24, 2.45) is 5.92 Å². The molecular weight excluding hydrogens is 475 g/mol. The number of benzene rings is 1. The van der Waals surface area contributed by atoms with E-state index in [0.717, 1.165) is 6.20 Å². The van der Waals surface area contributed by atoms with Crippen LogP contribution in [0.5, 0.6) is 0 Å². The molecule has 0 aliphatic carbocycles. The van der Waals surface area contributed by atoms with Gasteiger partial charge in [-0.2, -0.15) is 0 Å². The number of alkyl halides is 2. The third kappa shape index (κ3) is 4.20. The number of anilines is 1. The Bertz CT molecular complexity index is 1520. The van der Waals surface area contributed by atoms with Gasteiger partial charge in [-0.1, -0.05) is 13.0 Å². The number of hydrogen-bond donors (Lipinski definition) is 2. The maximum atomic E-state index is 15.1. The van der Waals surface area contributed by atoms with Crippen LogP contribution in [0.3, 0.4) is 0 Å². The highest BCUT2D eigenvalue weighted by Crippen LogP contribution is 2.31. The summed E-state index contributed by atoms with van der Waals surface area (Å²) in [6.07, 6.45) is -0.773. The molecule has 2 N–H and O–H groups in total. The van der Waals surface area contributed by atoms with E-state index in [1.54, 1.807) is 30.0 Å². The molecule has 0 radical (unpaired) electrons. The Balaban J connectivity index is 1.50. The van der Waals surface area contributed by atoms with Crippen molar-refractivity contribution in [3.05, 3.63) is 46.4 Å². The van der Waals surface area contributed by atoms with E-state index in [0.29, 0.717) is 41.9 Å². The number of hydrogen-bond acceptors (Lipinski definition) is 5. The van der Waals surface area contributed by atoms with Gasteiger partial charge in [0.2, 0.25) is 11.9 Å². The number of piperidine rings is 1. The zero-order valence-electron chi connectivity index (χ0n) is 20.1. The summed E-state index contributed by atoms with van der Waals surface area (Å²) in [7, 11) is 0. The minimum Gasteiger partial charge on any atom is -0.351 e. The maximum Gasteiger partial charge on any atom is 0.277 e. The maximum absolute atomic E-state index is 15.1. The van der Waals surface area contributed by atoms with Gasteiger partial charge in [-0.3, -0.25) is 14.6 Å². The average Bonchev–Trinajstić information content (AvgIpc) is 3.30. The molecule has 0 spiro atoms. The van der Waals surface area contributed by atoms with Crippen LogP contribution in [-0.2, 0) is 11.3 Å². The van der Waals surface area contributed by atoms with E-state index in [2.05, 4.69) is 20.4 Å². The summed E-state index contributed by atoms with van der Waals surface area (Å²) >= 11 is 0. The zero-order chi connectivity index (χ0) is 25.7. The molecule has 1 aliphatic rings. The quantitative estimate of drug-likeness (QED) is 0.437. The molecule has 5 rings (SSSR count). The third-order valence-electron chi connectivity index (χ3n) is 6.82. The lowest BCUT2D eigenvalue weighted by Gasteiger charge is -2.36. The van der Waals surface area contributed by atoms with E-state index in [1.165, 1.54) is 16.0 Å². The van der Waals surface area contributed by atoms with E-state index >= 15 is 4.39 Å². The Morgan fingerprint density at radius 2 is 2.11 bits per heavy atom. The van der Waals surface area contributed by atoms with Crippen LogP contribution >= 0.6 is 0 Å². The largest absolute Gasteiger partial charge is 0.351 e. The Morgan fingerprint density at radius 1 is 1.33 bits per heavy atom. The van der Waals surface area contributed by atoms with Crippen LogP contribution in [0.15, 0.2) is 29.2 Å². The highest BCUT2D eigenvalue weighted by Gasteiger charge is 2.28. The Hall–Kier alpha value is -3.83. The molecule has 0 saturated carbocycles. The summed E-state index contributed by atoms with van der Waals surface area (Å²) in [5.74, 6) is 0.0962. The van der Waals surface area contributed by atoms with E-state index in [4.69, 9.17) is 0 Å². The summed E-state index contributed by atoms with van der Waals surface area (Å²) in [6, 6.07) is 4.76. The van der Waals surface area contributed by atoms with Crippen LogP contribution in [0.4, 0.5) is 19.1 Å². The minimum atomic E-state index is -2.58. The molecular formula is C24H26F3N7O2. The number of fused-ring (bicyclic) bond motifs is 2. The number of aromatic amines is 1. The summed E-state index contributed by atoms with van der Waals surface area (Å²) < 4.78 is 43.9. The van der Waals surface area contributed by atoms with Gasteiger partial charge in [0.25, 0.3) is 12.0 Å². The number of imidazole rings is 1. The number of aromatic nitrogens is 5. The monoisotopic (exact) mass is 501 g/mol. The van der Waals surface area contributed by atoms with E-state index in [-0.39, 0.29) is 34.9 Å². The van der Waals surface area contributed by atoms with Crippen molar-refractivity contribution < 1.29 is 18.0 Å². The third-order valence-corrected chi connectivity index (χ3v) is 6.82. The van der Waals surface area contributed by atoms with Crippen LogP contribution in [0, 0.1) is 18.7 Å². The number of carbonyl (C=O) groups is 1. The first-order valence-corrected chi connectivity index (χ1v) is 11.7. The second kappa shape index (κ2) is 8.99. The number of aryl methyl sites for hydroxylation is 1. The Morgan fingerprint density at radius 3 is 2.81 bits per heavy atom. The molecule has 190 valence electrons. The SMILES string of the molecule is CC(=O)N1CC[C@H](Nc2nn3cc(F)c(-c4ccc5nc(C)n(CC(F)F)c5c4)c3c(=O)[nH]2)[C@H](C)C1. The minimum absolute atomic E-state index is 0.00787. The van der Waals surface area contributed by atoms with Crippen LogP contribution in [-0.4, -0.2) is 60.5 Å². The number of H-pyrrole nitrogens is 1. The molecule has 36 heavy (non-hydrogen) atoms. The van der Waals surface area contributed by atoms with Crippen molar-refractivity contribution in [1.29, 1.82) is 0 Å². The lowest BCUT2D eigenvalue weighted by molar-refractivity contribution is -0.130. The van der Waals surface area contributed by atoms with Gasteiger partial charge in [-0.05, 0) is 37.0 Å². The van der Waals surface area contributed by atoms with Gasteiger partial charge >= 0.3 is 0 Å². The van der Waals surface area contributed by atoms with Crippen molar-refractivity contribution >= 4 is 28.4 Å². The molecule has 1 saturated heterocycles. The van der Waals surface area contributed by atoms with Crippen LogP contribution in [0.2, 0.25) is 0 Å².